The molecule has 6 heteroatoms. The Bertz CT molecular complexity index is 980. The van der Waals surface area contributed by atoms with Crippen LogP contribution in [-0.2, 0) is 20.6 Å². The van der Waals surface area contributed by atoms with Crippen LogP contribution in [0, 0.1) is 34.9 Å². The first-order chi connectivity index (χ1) is 17.4. The van der Waals surface area contributed by atoms with Crippen molar-refractivity contribution in [3.8, 4) is 17.6 Å². The Morgan fingerprint density at radius 1 is 1.11 bits per heavy atom. The molecule has 198 valence electrons. The van der Waals surface area contributed by atoms with E-state index in [1.807, 2.05) is 6.07 Å². The van der Waals surface area contributed by atoms with E-state index in [-0.39, 0.29) is 17.5 Å². The van der Waals surface area contributed by atoms with Gasteiger partial charge in [-0.1, -0.05) is 18.8 Å². The number of hydrogen-bond acceptors (Lipinski definition) is 5. The van der Waals surface area contributed by atoms with Crippen molar-refractivity contribution >= 4 is 0 Å². The number of aryl methyl sites for hydroxylation is 1. The lowest BCUT2D eigenvalue weighted by molar-refractivity contribution is -0.161. The fraction of sp³-hybridized carbons (Fsp3) is 0.733. The lowest BCUT2D eigenvalue weighted by Crippen LogP contribution is -2.50. The van der Waals surface area contributed by atoms with E-state index in [2.05, 4.69) is 18.8 Å². The quantitative estimate of drug-likeness (QED) is 0.403. The number of benzene rings is 1. The van der Waals surface area contributed by atoms with E-state index in [0.717, 1.165) is 63.5 Å². The van der Waals surface area contributed by atoms with E-state index in [4.69, 9.17) is 18.9 Å². The first-order valence-electron chi connectivity index (χ1n) is 13.8. The largest absolute Gasteiger partial charge is 0.488 e. The lowest BCUT2D eigenvalue weighted by atomic mass is 9.53. The molecule has 1 saturated heterocycles. The maximum atomic E-state index is 14.9. The summed E-state index contributed by atoms with van der Waals surface area (Å²) in [7, 11) is 1.61. The number of aliphatic hydroxyl groups is 1. The summed E-state index contributed by atoms with van der Waals surface area (Å²) in [6, 6.07) is 3.62. The summed E-state index contributed by atoms with van der Waals surface area (Å²) in [6.45, 7) is 4.34. The minimum Gasteiger partial charge on any atom is -0.488 e. The third-order valence-electron chi connectivity index (χ3n) is 9.44. The first-order valence-corrected chi connectivity index (χ1v) is 13.8. The van der Waals surface area contributed by atoms with Gasteiger partial charge in [-0.25, -0.2) is 4.39 Å². The van der Waals surface area contributed by atoms with E-state index in [9.17, 15) is 9.50 Å². The molecule has 1 heterocycles. The molecule has 5 nitrogen and oxygen atoms in total. The van der Waals surface area contributed by atoms with Gasteiger partial charge in [0.15, 0.2) is 17.9 Å². The van der Waals surface area contributed by atoms with Crippen LogP contribution in [0.1, 0.15) is 81.8 Å². The summed E-state index contributed by atoms with van der Waals surface area (Å²) in [5.41, 5.74) is 1.17. The van der Waals surface area contributed by atoms with Crippen molar-refractivity contribution in [2.75, 3.05) is 33.5 Å². The second-order valence-corrected chi connectivity index (χ2v) is 11.3. The molecule has 0 radical (unpaired) electrons. The standard InChI is InChI=1S/C30H41FO5/c1-29-13-10-22-23(9-8-21-19-27(34-18-17-33-2)26(31)20-24(21)22)25(29)11-14-30(29,32)12-4-6-16-36-28-7-3-5-15-35-28/h19-20,22-23,25,28,32H,3,5-11,13-18H2,1-2H3/t22?,23?,25?,28?,29-,30-/m0/s1. The molecule has 2 saturated carbocycles. The van der Waals surface area contributed by atoms with Crippen molar-refractivity contribution in [3.63, 3.8) is 0 Å². The van der Waals surface area contributed by atoms with Crippen LogP contribution in [0.3, 0.4) is 0 Å². The molecule has 3 aliphatic carbocycles. The maximum absolute atomic E-state index is 14.9. The van der Waals surface area contributed by atoms with Crippen molar-refractivity contribution in [3.05, 3.63) is 29.1 Å². The molecule has 1 aliphatic heterocycles. The van der Waals surface area contributed by atoms with Crippen LogP contribution in [-0.4, -0.2) is 50.5 Å². The molecular formula is C30H41FO5. The molecule has 1 aromatic carbocycles. The monoisotopic (exact) mass is 500 g/mol. The lowest BCUT2D eigenvalue weighted by Gasteiger charge is -2.52. The summed E-state index contributed by atoms with van der Waals surface area (Å²) in [5, 5.41) is 11.7. The highest BCUT2D eigenvalue weighted by molar-refractivity contribution is 5.42. The molecule has 4 unspecified atom stereocenters. The van der Waals surface area contributed by atoms with Crippen molar-refractivity contribution in [2.24, 2.45) is 17.3 Å². The third-order valence-corrected chi connectivity index (χ3v) is 9.44. The van der Waals surface area contributed by atoms with E-state index in [1.165, 1.54) is 5.56 Å². The average Bonchev–Trinajstić information content (AvgIpc) is 3.15. The zero-order valence-electron chi connectivity index (χ0n) is 21.8. The van der Waals surface area contributed by atoms with E-state index in [1.54, 1.807) is 13.2 Å². The molecular weight excluding hydrogens is 459 g/mol. The van der Waals surface area contributed by atoms with Gasteiger partial charge in [0.1, 0.15) is 12.2 Å². The Morgan fingerprint density at radius 2 is 2.00 bits per heavy atom. The second kappa shape index (κ2) is 11.0. The maximum Gasteiger partial charge on any atom is 0.165 e. The summed E-state index contributed by atoms with van der Waals surface area (Å²) < 4.78 is 37.0. The SMILES string of the molecule is COCCOc1cc2c(cc1F)C1CC[C@@]3(C)C(CC[C@@]3(O)C#CCCOC3CCCCO3)C1CC2. The molecule has 4 aliphatic rings. The van der Waals surface area contributed by atoms with Crippen LogP contribution in [0.15, 0.2) is 12.1 Å². The Morgan fingerprint density at radius 3 is 2.81 bits per heavy atom. The number of methoxy groups -OCH3 is 1. The molecule has 1 N–H and O–H groups in total. The number of fused-ring (bicyclic) bond motifs is 5. The highest BCUT2D eigenvalue weighted by atomic mass is 19.1. The van der Waals surface area contributed by atoms with Crippen molar-refractivity contribution < 1.29 is 28.4 Å². The molecule has 3 fully saturated rings. The van der Waals surface area contributed by atoms with Crippen LogP contribution in [0.25, 0.3) is 0 Å². The molecule has 5 rings (SSSR count). The number of halogens is 1. The Balaban J connectivity index is 1.24. The average molecular weight is 501 g/mol. The van der Waals surface area contributed by atoms with E-state index >= 15 is 0 Å². The van der Waals surface area contributed by atoms with Crippen LogP contribution < -0.4 is 4.74 Å². The van der Waals surface area contributed by atoms with Crippen molar-refractivity contribution in [2.45, 2.75) is 88.9 Å². The summed E-state index contributed by atoms with van der Waals surface area (Å²) in [4.78, 5) is 0. The molecule has 0 spiro atoms. The topological polar surface area (TPSA) is 57.2 Å². The zero-order valence-corrected chi connectivity index (χ0v) is 21.8. The minimum absolute atomic E-state index is 0.0979. The summed E-state index contributed by atoms with van der Waals surface area (Å²) in [5.74, 6) is 7.77. The fourth-order valence-electron chi connectivity index (χ4n) is 7.43. The van der Waals surface area contributed by atoms with Gasteiger partial charge in [-0.2, -0.15) is 0 Å². The number of hydrogen-bond donors (Lipinski definition) is 1. The highest BCUT2D eigenvalue weighted by Crippen LogP contribution is 2.64. The highest BCUT2D eigenvalue weighted by Gasteiger charge is 2.61. The van der Waals surface area contributed by atoms with Gasteiger partial charge in [-0.15, -0.1) is 0 Å². The van der Waals surface area contributed by atoms with Gasteiger partial charge >= 0.3 is 0 Å². The predicted molar refractivity (Wildman–Crippen MR) is 135 cm³/mol. The molecule has 36 heavy (non-hydrogen) atoms. The van der Waals surface area contributed by atoms with Crippen molar-refractivity contribution in [1.82, 2.24) is 0 Å². The minimum atomic E-state index is -0.964. The normalized spacial score (nSPS) is 35.2. The van der Waals surface area contributed by atoms with Crippen LogP contribution in [0.4, 0.5) is 4.39 Å². The second-order valence-electron chi connectivity index (χ2n) is 11.3. The smallest absolute Gasteiger partial charge is 0.165 e. The van der Waals surface area contributed by atoms with Crippen molar-refractivity contribution in [1.29, 1.82) is 0 Å². The van der Waals surface area contributed by atoms with Gasteiger partial charge in [-0.3, -0.25) is 0 Å². The molecule has 0 aromatic heterocycles. The van der Waals surface area contributed by atoms with Gasteiger partial charge < -0.3 is 24.1 Å². The Hall–Kier alpha value is -1.65. The predicted octanol–water partition coefficient (Wildman–Crippen LogP) is 5.37. The summed E-state index contributed by atoms with van der Waals surface area (Å²) in [6.07, 6.45) is 9.27. The number of ether oxygens (including phenoxy) is 4. The molecule has 0 bridgehead atoms. The van der Waals surface area contributed by atoms with Crippen LogP contribution >= 0.6 is 0 Å². The van der Waals surface area contributed by atoms with Gasteiger partial charge in [0.05, 0.1) is 13.2 Å². The molecule has 0 amide bonds. The van der Waals surface area contributed by atoms with E-state index in [0.29, 0.717) is 56.2 Å². The van der Waals surface area contributed by atoms with E-state index < -0.39 is 5.60 Å². The van der Waals surface area contributed by atoms with Crippen LogP contribution in [0.5, 0.6) is 5.75 Å². The Kier molecular flexibility index (Phi) is 7.93. The van der Waals surface area contributed by atoms with Gasteiger partial charge in [0.2, 0.25) is 0 Å². The molecule has 1 aromatic rings. The zero-order chi connectivity index (χ0) is 25.2. The fourth-order valence-corrected chi connectivity index (χ4v) is 7.43. The molecule has 6 atom stereocenters. The number of rotatable bonds is 7. The summed E-state index contributed by atoms with van der Waals surface area (Å²) >= 11 is 0. The van der Waals surface area contributed by atoms with Gasteiger partial charge in [0.25, 0.3) is 0 Å². The van der Waals surface area contributed by atoms with Gasteiger partial charge in [0, 0.05) is 25.6 Å². The van der Waals surface area contributed by atoms with Gasteiger partial charge in [-0.05, 0) is 98.8 Å². The Labute approximate surface area is 215 Å². The van der Waals surface area contributed by atoms with Crippen LogP contribution in [0.2, 0.25) is 0 Å². The first kappa shape index (κ1) is 26.0. The third kappa shape index (κ3) is 4.92.